The van der Waals surface area contributed by atoms with E-state index in [1.165, 1.54) is 18.3 Å². The minimum Gasteiger partial charge on any atom is -0.455 e. The Bertz CT molecular complexity index is 6120. The van der Waals surface area contributed by atoms with Gasteiger partial charge in [0.2, 0.25) is 25.9 Å². The summed E-state index contributed by atoms with van der Waals surface area (Å²) in [6, 6.07) is 19.4. The van der Waals surface area contributed by atoms with Gasteiger partial charge in [0.05, 0.1) is 84.9 Å². The average Bonchev–Trinajstić information content (AvgIpc) is 1.22. The van der Waals surface area contributed by atoms with Crippen LogP contribution in [0.4, 0.5) is 91.2 Å². The number of primary sulfonamides is 2. The van der Waals surface area contributed by atoms with Crippen LogP contribution >= 0.6 is 11.6 Å². The molecule has 38 nitrogen and oxygen atoms in total. The molecule has 3 unspecified atom stereocenters. The molecular weight excluding hydrogens is 1910 g/mol. The number of nitrogens with one attached hydrogen (secondary N) is 3. The molecule has 5 aromatic carbocycles. The van der Waals surface area contributed by atoms with E-state index in [1.54, 1.807) is 30.5 Å². The summed E-state index contributed by atoms with van der Waals surface area (Å²) in [4.78, 5) is 54.9. The van der Waals surface area contributed by atoms with E-state index in [0.717, 1.165) is 78.6 Å². The molecule has 2 aromatic heterocycles. The Balaban J connectivity index is 0.000000264. The summed E-state index contributed by atoms with van der Waals surface area (Å²) in [5, 5.41) is 49.1. The predicted octanol–water partition coefficient (Wildman–Crippen LogP) is 9.42. The number of nitro benzene ring substituents is 3. The lowest BCUT2D eigenvalue weighted by molar-refractivity contribution is -0.387. The summed E-state index contributed by atoms with van der Waals surface area (Å²) in [6.07, 6.45) is -1.97. The highest BCUT2D eigenvalue weighted by atomic mass is 35.5. The number of nitro groups is 3. The number of aromatic nitrogens is 2. The molecule has 4 aliphatic heterocycles. The van der Waals surface area contributed by atoms with Crippen LogP contribution in [0.1, 0.15) is 54.6 Å². The number of hydrogen-bond donors (Lipinski definition) is 6. The Kier molecular flexibility index (Phi) is 32.4. The number of sulfonamides is 5. The molecule has 9 N–H and O–H groups in total. The highest BCUT2D eigenvalue weighted by Gasteiger charge is 2.54. The van der Waals surface area contributed by atoms with Gasteiger partial charge in [-0.15, -0.1) is 0 Å². The third kappa shape index (κ3) is 26.2. The van der Waals surface area contributed by atoms with Gasteiger partial charge in [0.1, 0.15) is 34.3 Å². The number of ketones is 1. The number of anilines is 3. The van der Waals surface area contributed by atoms with Crippen LogP contribution in [-0.2, 0) is 80.3 Å². The minimum absolute atomic E-state index is 0.0100. The van der Waals surface area contributed by atoms with Crippen LogP contribution in [0.3, 0.4) is 0 Å². The minimum atomic E-state index is -5.66. The molecule has 5 aliphatic rings. The number of Topliss-reactive ketones (excluding diaryl/α,β-unsaturated/α-hetero) is 1. The van der Waals surface area contributed by atoms with Gasteiger partial charge in [-0.2, -0.15) is 70.0 Å². The molecule has 710 valence electrons. The first-order valence-electron chi connectivity index (χ1n) is 37.5. The van der Waals surface area contributed by atoms with E-state index >= 15 is 0 Å². The SMILES string of the molecule is CC1(C)CCC(CN2CCN(c3ccc(C(=O)CS(=O)(=O)c4ccc(NCC5CN(S(=O)(=O)C(F)(F)F)CCO5)c([N+](=O)[O-])c4)c(Oc4cnc5[nH]ccc5c4)c3)CC2)=C(c2ccc(C(F)(F)F)cc2Cl)C1.NCC1CN(S(=O)(=O)C(F)(F)F)CCO1.NS(=O)(=O)c1ccc(F)c([N+](=O)[O-])c1.NS(=O)(=O)c1ccc(NCC2CN(S(=O)(=O)C(F)(F)F)CCO2)c([N+](=O)[O-])c1. The van der Waals surface area contributed by atoms with Gasteiger partial charge < -0.3 is 45.2 Å². The first-order chi connectivity index (χ1) is 59.6. The van der Waals surface area contributed by atoms with Gasteiger partial charge in [0, 0.05) is 138 Å². The number of alkyl halides is 12. The number of nitrogens with two attached hydrogens (primary N) is 3. The number of H-pyrrole nitrogens is 1. The van der Waals surface area contributed by atoms with Crippen LogP contribution in [0.5, 0.6) is 11.5 Å². The lowest BCUT2D eigenvalue weighted by Crippen LogP contribution is -2.51. The van der Waals surface area contributed by atoms with Gasteiger partial charge in [-0.05, 0) is 109 Å². The average molecular weight is 1990 g/mol. The number of carbonyl (C=O) groups is 1. The quantitative estimate of drug-likeness (QED) is 0.0134. The number of benzene rings is 5. The van der Waals surface area contributed by atoms with Crippen LogP contribution in [0.2, 0.25) is 5.02 Å². The lowest BCUT2D eigenvalue weighted by atomic mass is 9.72. The number of piperazine rings is 1. The summed E-state index contributed by atoms with van der Waals surface area (Å²) < 4.78 is 330. The maximum absolute atomic E-state index is 14.1. The monoisotopic (exact) mass is 1980 g/mol. The number of allylic oxidation sites excluding steroid dienone is 1. The van der Waals surface area contributed by atoms with Gasteiger partial charge in [0.25, 0.3) is 11.4 Å². The van der Waals surface area contributed by atoms with Gasteiger partial charge >= 0.3 is 58.5 Å². The molecule has 4 fully saturated rings. The molecule has 0 spiro atoms. The van der Waals surface area contributed by atoms with Crippen LogP contribution < -0.4 is 36.3 Å². The number of halogens is 14. The second-order valence-corrected chi connectivity index (χ2v) is 41.0. The zero-order valence-electron chi connectivity index (χ0n) is 66.9. The maximum atomic E-state index is 14.1. The Morgan fingerprint density at radius 2 is 1.08 bits per heavy atom. The topological polar surface area (TPSA) is 535 Å². The Hall–Kier alpha value is -9.72. The van der Waals surface area contributed by atoms with E-state index in [1.807, 2.05) is 0 Å². The van der Waals surface area contributed by atoms with Crippen molar-refractivity contribution in [2.24, 2.45) is 21.4 Å². The Morgan fingerprint density at radius 3 is 1.55 bits per heavy atom. The standard InChI is InChI=1S/C47H48ClF6N7O9S2.C12H15F3N4O7S2.C6H11F3N2O3S.C6H5FN2O4S/c1-45(2)11-9-30(38(23-45)36-6-3-31(20-39(36)48)46(49,50)51)26-58-13-15-59(16-14-58)32-4-7-37(43(21-32)70-33-19-29-10-12-55-44(29)57-24-33)42(62)28-71(65,66)35-5-8-40(41(22-35)61(63)64)56-25-34-27-60(17-18-69-34)72(67,68)47(52,53)54;13-12(14,15)28(24,25)18-3-4-26-8(7-18)6-17-10-2-1-9(27(16,22)23)5-11(10)19(20)21;7-6(8,9)15(12,13)11-1-2-14-5(3-10)4-11;7-5-2-1-4(14(8,12)13)3-6(5)9(10)11/h3-8,10,12,19-22,24,34,56H,9,11,13-18,23,25-28H2,1-2H3,(H,55,57);1-2,5,8,17H,3-4,6-7H2,(H2,16,22,23);5H,1-4,10H2;1-3H,(H2,8,12,13). The first kappa shape index (κ1) is 103. The molecule has 4 saturated heterocycles. The highest BCUT2D eigenvalue weighted by Crippen LogP contribution is 2.47. The molecule has 7 aromatic rings. The number of hydrogen-bond acceptors (Lipinski definition) is 29. The fourth-order valence-corrected chi connectivity index (χ4v) is 18.9. The van der Waals surface area contributed by atoms with Gasteiger partial charge in [0.15, 0.2) is 15.6 Å². The lowest BCUT2D eigenvalue weighted by Gasteiger charge is -2.39. The number of rotatable bonds is 25. The summed E-state index contributed by atoms with van der Waals surface area (Å²) in [6.45, 7) is 2.70. The van der Waals surface area contributed by atoms with Crippen molar-refractivity contribution in [1.82, 2.24) is 27.8 Å². The predicted molar refractivity (Wildman–Crippen MR) is 436 cm³/mol. The van der Waals surface area contributed by atoms with E-state index in [4.69, 9.17) is 46.6 Å². The maximum Gasteiger partial charge on any atom is 0.511 e. The Labute approximate surface area is 731 Å². The van der Waals surface area contributed by atoms with E-state index in [9.17, 15) is 143 Å². The van der Waals surface area contributed by atoms with Crippen molar-refractivity contribution in [3.05, 3.63) is 179 Å². The third-order valence-corrected chi connectivity index (χ3v) is 28.7. The molecule has 129 heavy (non-hydrogen) atoms. The summed E-state index contributed by atoms with van der Waals surface area (Å²) in [5.74, 6) is -2.89. The molecule has 6 heterocycles. The number of carbonyl (C=O) groups excluding carboxylic acids is 1. The van der Waals surface area contributed by atoms with Crippen molar-refractivity contribution in [2.45, 2.75) is 88.8 Å². The van der Waals surface area contributed by atoms with Crippen molar-refractivity contribution in [3.8, 4) is 11.5 Å². The first-order valence-corrected chi connectivity index (χ1v) is 46.9. The van der Waals surface area contributed by atoms with E-state index in [-0.39, 0.29) is 100 Å². The van der Waals surface area contributed by atoms with Crippen LogP contribution in [0.15, 0.2) is 136 Å². The van der Waals surface area contributed by atoms with Crippen molar-refractivity contribution in [2.75, 3.05) is 133 Å². The molecular formula is C71H79ClF13N15O23S6. The highest BCUT2D eigenvalue weighted by molar-refractivity contribution is 7.92. The molecule has 58 heteroatoms. The number of pyridine rings is 1. The van der Waals surface area contributed by atoms with Gasteiger partial charge in [-0.25, -0.2) is 65.8 Å². The number of aromatic amines is 1. The van der Waals surface area contributed by atoms with Gasteiger partial charge in [-0.1, -0.05) is 37.1 Å². The molecule has 3 atom stereocenters. The second-order valence-electron chi connectivity index (χ2n) is 29.7. The van der Waals surface area contributed by atoms with Crippen LogP contribution in [-0.4, -0.2) is 251 Å². The number of morpholine rings is 3. The fraction of sp³-hybridized carbons (Fsp3) is 0.437. The molecule has 0 bridgehead atoms. The molecule has 12 rings (SSSR count). The third-order valence-electron chi connectivity index (χ3n) is 20.1. The smallest absolute Gasteiger partial charge is 0.455 e. The summed E-state index contributed by atoms with van der Waals surface area (Å²) in [5.41, 5.74) is -10.9. The zero-order chi connectivity index (χ0) is 95.9. The van der Waals surface area contributed by atoms with Crippen molar-refractivity contribution in [1.29, 1.82) is 0 Å². The largest absolute Gasteiger partial charge is 0.511 e. The molecule has 0 radical (unpaired) electrons. The fourth-order valence-electron chi connectivity index (χ4n) is 13.4. The molecule has 1 aliphatic carbocycles. The van der Waals surface area contributed by atoms with Gasteiger partial charge in [-0.3, -0.25) is 40.0 Å². The Morgan fingerprint density at radius 1 is 0.605 bits per heavy atom. The van der Waals surface area contributed by atoms with Crippen molar-refractivity contribution < 1.29 is 146 Å². The zero-order valence-corrected chi connectivity index (χ0v) is 72.6. The van der Waals surface area contributed by atoms with Crippen molar-refractivity contribution in [3.63, 3.8) is 0 Å². The second kappa shape index (κ2) is 40.6. The molecule has 0 saturated carbocycles. The van der Waals surface area contributed by atoms with Crippen molar-refractivity contribution >= 4 is 128 Å². The van der Waals surface area contributed by atoms with Crippen LogP contribution in [0.25, 0.3) is 16.6 Å². The number of sulfone groups is 1. The van der Waals surface area contributed by atoms with E-state index in [2.05, 4.69) is 44.2 Å². The normalized spacial score (nSPS) is 18.8. The number of nitrogens with zero attached hydrogens (tertiary/aromatic N) is 9. The molecule has 0 amide bonds. The van der Waals surface area contributed by atoms with E-state index < -0.39 is 197 Å². The summed E-state index contributed by atoms with van der Waals surface area (Å²) in [7, 11) is -29.2. The van der Waals surface area contributed by atoms with E-state index in [0.29, 0.717) is 77.9 Å². The number of fused-ring (bicyclic) bond motifs is 1. The number of ether oxygens (including phenoxy) is 4. The van der Waals surface area contributed by atoms with Crippen LogP contribution in [0, 0.1) is 41.6 Å². The summed E-state index contributed by atoms with van der Waals surface area (Å²) >= 11 is 6.52.